The Hall–Kier alpha value is -2.99. The molecular formula is C24H28NO5+. The molecule has 4 rings (SSSR count). The van der Waals surface area contributed by atoms with Gasteiger partial charge in [-0.1, -0.05) is 13.3 Å². The van der Waals surface area contributed by atoms with Gasteiger partial charge in [-0.05, 0) is 37.1 Å². The molecule has 6 nitrogen and oxygen atoms in total. The average Bonchev–Trinajstić information content (AvgIpc) is 2.75. The first kappa shape index (κ1) is 20.3. The molecule has 0 amide bonds. The second-order valence-corrected chi connectivity index (χ2v) is 7.78. The number of ether oxygens (including phenoxy) is 3. The predicted molar refractivity (Wildman–Crippen MR) is 115 cm³/mol. The molecular weight excluding hydrogens is 382 g/mol. The highest BCUT2D eigenvalue weighted by Crippen LogP contribution is 2.34. The largest absolute Gasteiger partial charge is 0.497 e. The SMILES string of the molecule is CCCc1cc(=O)oc2c(C)c3c(cc12)C[NH+](Cc1ccc(OC)cc1OC)CO3. The number of rotatable bonds is 6. The van der Waals surface area contributed by atoms with Crippen molar-refractivity contribution in [2.75, 3.05) is 21.0 Å². The Balaban J connectivity index is 1.67. The summed E-state index contributed by atoms with van der Waals surface area (Å²) in [6.45, 7) is 6.22. The molecule has 0 fully saturated rings. The van der Waals surface area contributed by atoms with Gasteiger partial charge in [-0.3, -0.25) is 4.90 Å². The second kappa shape index (κ2) is 8.40. The third-order valence-corrected chi connectivity index (χ3v) is 5.69. The molecule has 0 bridgehead atoms. The van der Waals surface area contributed by atoms with E-state index in [2.05, 4.69) is 13.0 Å². The molecule has 1 aromatic heterocycles. The number of aryl methyl sites for hydroxylation is 2. The number of fused-ring (bicyclic) bond motifs is 2. The highest BCUT2D eigenvalue weighted by molar-refractivity contribution is 5.86. The van der Waals surface area contributed by atoms with Gasteiger partial charge in [0.15, 0.2) is 0 Å². The maximum Gasteiger partial charge on any atom is 0.336 e. The molecule has 1 aliphatic heterocycles. The maximum atomic E-state index is 12.0. The number of hydrogen-bond donors (Lipinski definition) is 1. The van der Waals surface area contributed by atoms with Gasteiger partial charge >= 0.3 is 5.63 Å². The van der Waals surface area contributed by atoms with Crippen molar-refractivity contribution in [2.45, 2.75) is 39.8 Å². The van der Waals surface area contributed by atoms with E-state index in [4.69, 9.17) is 18.6 Å². The minimum Gasteiger partial charge on any atom is -0.497 e. The van der Waals surface area contributed by atoms with Crippen LogP contribution in [0.4, 0.5) is 0 Å². The zero-order valence-electron chi connectivity index (χ0n) is 18.0. The summed E-state index contributed by atoms with van der Waals surface area (Å²) in [5.41, 5.74) is 4.53. The minimum absolute atomic E-state index is 0.302. The standard InChI is InChI=1S/C24H27NO5/c1-5-6-16-10-22(26)30-24-15(2)23-18(9-20(16)24)13-25(14-29-23)12-17-7-8-19(27-3)11-21(17)28-4/h7-11H,5-6,12-14H2,1-4H3/p+1. The minimum atomic E-state index is -0.302. The van der Waals surface area contributed by atoms with E-state index in [9.17, 15) is 4.79 Å². The molecule has 1 N–H and O–H groups in total. The Labute approximate surface area is 176 Å². The van der Waals surface area contributed by atoms with Gasteiger partial charge in [-0.25, -0.2) is 4.79 Å². The predicted octanol–water partition coefficient (Wildman–Crippen LogP) is 3.01. The van der Waals surface area contributed by atoms with Crippen molar-refractivity contribution in [3.05, 3.63) is 63.0 Å². The molecule has 0 saturated heterocycles. The smallest absolute Gasteiger partial charge is 0.336 e. The lowest BCUT2D eigenvalue weighted by Gasteiger charge is -2.28. The zero-order valence-corrected chi connectivity index (χ0v) is 18.0. The van der Waals surface area contributed by atoms with Gasteiger partial charge in [0.05, 0.1) is 14.2 Å². The van der Waals surface area contributed by atoms with E-state index in [1.807, 2.05) is 25.1 Å². The molecule has 6 heteroatoms. The van der Waals surface area contributed by atoms with Crippen molar-refractivity contribution in [1.82, 2.24) is 0 Å². The van der Waals surface area contributed by atoms with Crippen LogP contribution in [0.25, 0.3) is 11.0 Å². The van der Waals surface area contributed by atoms with E-state index in [1.165, 1.54) is 4.90 Å². The summed E-state index contributed by atoms with van der Waals surface area (Å²) in [5.74, 6) is 2.43. The fourth-order valence-electron chi connectivity index (χ4n) is 4.26. The van der Waals surface area contributed by atoms with Crippen LogP contribution in [0.3, 0.4) is 0 Å². The average molecular weight is 410 g/mol. The van der Waals surface area contributed by atoms with Crippen LogP contribution in [0, 0.1) is 6.92 Å². The van der Waals surface area contributed by atoms with Gasteiger partial charge in [0.25, 0.3) is 0 Å². The molecule has 1 aliphatic rings. The van der Waals surface area contributed by atoms with Crippen LogP contribution in [0.1, 0.15) is 35.6 Å². The second-order valence-electron chi connectivity index (χ2n) is 7.78. The molecule has 0 saturated carbocycles. The molecule has 0 spiro atoms. The van der Waals surface area contributed by atoms with Crippen molar-refractivity contribution in [1.29, 1.82) is 0 Å². The molecule has 2 aromatic carbocycles. The van der Waals surface area contributed by atoms with Gasteiger partial charge in [-0.2, -0.15) is 0 Å². The third kappa shape index (κ3) is 3.75. The van der Waals surface area contributed by atoms with Gasteiger partial charge in [0, 0.05) is 34.2 Å². The van der Waals surface area contributed by atoms with Gasteiger partial charge in [0.2, 0.25) is 6.73 Å². The first-order valence-corrected chi connectivity index (χ1v) is 10.3. The van der Waals surface area contributed by atoms with E-state index in [0.29, 0.717) is 12.3 Å². The summed E-state index contributed by atoms with van der Waals surface area (Å²) in [5, 5.41) is 1.01. The number of nitrogens with one attached hydrogen (secondary N) is 1. The fourth-order valence-corrected chi connectivity index (χ4v) is 4.26. The van der Waals surface area contributed by atoms with Crippen LogP contribution in [-0.4, -0.2) is 21.0 Å². The van der Waals surface area contributed by atoms with E-state index in [1.54, 1.807) is 20.3 Å². The summed E-state index contributed by atoms with van der Waals surface area (Å²) < 4.78 is 22.5. The van der Waals surface area contributed by atoms with E-state index >= 15 is 0 Å². The summed E-state index contributed by atoms with van der Waals surface area (Å²) >= 11 is 0. The lowest BCUT2D eigenvalue weighted by molar-refractivity contribution is -0.945. The molecule has 158 valence electrons. The first-order chi connectivity index (χ1) is 14.5. The van der Waals surface area contributed by atoms with Gasteiger partial charge in [0.1, 0.15) is 35.9 Å². The maximum absolute atomic E-state index is 12.0. The summed E-state index contributed by atoms with van der Waals surface area (Å²) in [6, 6.07) is 9.65. The first-order valence-electron chi connectivity index (χ1n) is 10.3. The van der Waals surface area contributed by atoms with Gasteiger partial charge in [-0.15, -0.1) is 0 Å². The molecule has 1 atom stereocenters. The summed E-state index contributed by atoms with van der Waals surface area (Å²) in [6.07, 6.45) is 1.82. The number of benzene rings is 2. The van der Waals surface area contributed by atoms with Crippen LogP contribution < -0.4 is 24.7 Å². The van der Waals surface area contributed by atoms with Crippen LogP contribution in [-0.2, 0) is 19.5 Å². The Morgan fingerprint density at radius 3 is 2.67 bits per heavy atom. The van der Waals surface area contributed by atoms with E-state index in [0.717, 1.165) is 70.8 Å². The molecule has 0 aliphatic carbocycles. The quantitative estimate of drug-likeness (QED) is 0.633. The Morgan fingerprint density at radius 1 is 1.10 bits per heavy atom. The summed E-state index contributed by atoms with van der Waals surface area (Å²) in [7, 11) is 3.32. The third-order valence-electron chi connectivity index (χ3n) is 5.69. The lowest BCUT2D eigenvalue weighted by Crippen LogP contribution is -3.10. The number of quaternary nitrogens is 1. The van der Waals surface area contributed by atoms with Crippen molar-refractivity contribution in [2.24, 2.45) is 0 Å². The molecule has 2 heterocycles. The number of methoxy groups -OCH3 is 2. The Kier molecular flexibility index (Phi) is 5.68. The van der Waals surface area contributed by atoms with Crippen molar-refractivity contribution in [3.8, 4) is 17.2 Å². The van der Waals surface area contributed by atoms with Crippen LogP contribution in [0.5, 0.6) is 17.2 Å². The van der Waals surface area contributed by atoms with Crippen molar-refractivity contribution >= 4 is 11.0 Å². The zero-order chi connectivity index (χ0) is 21.3. The highest BCUT2D eigenvalue weighted by atomic mass is 16.5. The van der Waals surface area contributed by atoms with Crippen molar-refractivity contribution in [3.63, 3.8) is 0 Å². The topological polar surface area (TPSA) is 62.3 Å². The fraction of sp³-hybridized carbons (Fsp3) is 0.375. The molecule has 1 unspecified atom stereocenters. The number of hydrogen-bond acceptors (Lipinski definition) is 5. The van der Waals surface area contributed by atoms with Crippen LogP contribution >= 0.6 is 0 Å². The van der Waals surface area contributed by atoms with Gasteiger partial charge < -0.3 is 18.6 Å². The van der Waals surface area contributed by atoms with Crippen LogP contribution in [0.2, 0.25) is 0 Å². The lowest BCUT2D eigenvalue weighted by atomic mass is 9.98. The highest BCUT2D eigenvalue weighted by Gasteiger charge is 2.26. The van der Waals surface area contributed by atoms with Crippen molar-refractivity contribution < 1.29 is 23.5 Å². The monoisotopic (exact) mass is 410 g/mol. The summed E-state index contributed by atoms with van der Waals surface area (Å²) in [4.78, 5) is 13.3. The Morgan fingerprint density at radius 2 is 1.93 bits per heavy atom. The molecule has 3 aromatic rings. The Bertz CT molecular complexity index is 1130. The van der Waals surface area contributed by atoms with E-state index in [-0.39, 0.29) is 5.63 Å². The molecule has 0 radical (unpaired) electrons. The van der Waals surface area contributed by atoms with E-state index < -0.39 is 0 Å². The van der Waals surface area contributed by atoms with Crippen LogP contribution in [0.15, 0.2) is 39.5 Å². The molecule has 30 heavy (non-hydrogen) atoms. The normalized spacial score (nSPS) is 15.5.